The molecule has 0 bridgehead atoms. The molecule has 236 valence electrons. The molecule has 0 aliphatic heterocycles. The van der Waals surface area contributed by atoms with Gasteiger partial charge in [-0.1, -0.05) is 60.7 Å². The molecule has 13 heteroatoms. The van der Waals surface area contributed by atoms with Gasteiger partial charge in [0.05, 0.1) is 34.2 Å². The Bertz CT molecular complexity index is 1740. The molecule has 0 saturated heterocycles. The zero-order chi connectivity index (χ0) is 33.2. The molecule has 0 saturated carbocycles. The van der Waals surface area contributed by atoms with E-state index >= 15 is 0 Å². The molecular weight excluding hydrogens is 702 g/mol. The number of aliphatic imine (C=N–C) groups is 2. The Morgan fingerprint density at radius 1 is 0.408 bits per heavy atom. The van der Waals surface area contributed by atoms with Crippen LogP contribution in [-0.4, -0.2) is 41.7 Å². The van der Waals surface area contributed by atoms with Crippen LogP contribution in [-0.2, 0) is 44.7 Å². The van der Waals surface area contributed by atoms with Gasteiger partial charge >= 0.3 is 19.5 Å². The Labute approximate surface area is 308 Å². The Balaban J connectivity index is 0.000000216. The summed E-state index contributed by atoms with van der Waals surface area (Å²) in [6, 6.07) is 41.4. The van der Waals surface area contributed by atoms with Crippen LogP contribution in [0.3, 0.4) is 0 Å². The molecule has 2 N–H and O–H groups in total. The van der Waals surface area contributed by atoms with E-state index in [0.29, 0.717) is 34.2 Å². The van der Waals surface area contributed by atoms with Gasteiger partial charge in [0.1, 0.15) is 11.4 Å². The first-order valence-electron chi connectivity index (χ1n) is 14.6. The minimum atomic E-state index is 0. The van der Waals surface area contributed by atoms with Crippen molar-refractivity contribution in [2.75, 3.05) is 0 Å². The first-order chi connectivity index (χ1) is 23.7. The average molecular weight is 730 g/mol. The van der Waals surface area contributed by atoms with Crippen LogP contribution < -0.4 is 10.9 Å². The van der Waals surface area contributed by atoms with E-state index in [9.17, 15) is 0 Å². The zero-order valence-electron chi connectivity index (χ0n) is 26.1. The number of rotatable bonds is 8. The van der Waals surface area contributed by atoms with Crippen LogP contribution in [0.1, 0.15) is 22.8 Å². The number of hydrogen-bond donors (Lipinski definition) is 2. The maximum absolute atomic E-state index is 5.23. The summed E-state index contributed by atoms with van der Waals surface area (Å²) in [5, 5.41) is 9.27. The zero-order valence-corrected chi connectivity index (χ0v) is 30.7. The third-order valence-corrected chi connectivity index (χ3v) is 6.50. The molecule has 0 radical (unpaired) electrons. The summed E-state index contributed by atoms with van der Waals surface area (Å²) in [6.07, 6.45) is 6.84. The molecule has 0 spiro atoms. The van der Waals surface area contributed by atoms with Crippen molar-refractivity contribution in [3.63, 3.8) is 0 Å². The van der Waals surface area contributed by atoms with Crippen molar-refractivity contribution in [2.45, 2.75) is 0 Å². The van der Waals surface area contributed by atoms with Gasteiger partial charge in [0.15, 0.2) is 0 Å². The van der Waals surface area contributed by atoms with Crippen molar-refractivity contribution in [1.29, 1.82) is 0 Å². The van der Waals surface area contributed by atoms with E-state index in [2.05, 4.69) is 51.0 Å². The number of nitrogens with zero attached hydrogens (tertiary/aromatic N) is 8. The Morgan fingerprint density at radius 3 is 0.959 bits per heavy atom. The molecular formula is C36H28N10S2Zn. The minimum Gasteiger partial charge on any atom is -0.741 e. The van der Waals surface area contributed by atoms with E-state index in [-0.39, 0.29) is 29.8 Å². The molecule has 0 aliphatic carbocycles. The normalized spacial score (nSPS) is 10.7. The topological polar surface area (TPSA) is 125 Å². The summed E-state index contributed by atoms with van der Waals surface area (Å²) < 4.78 is 0. The number of para-hydroxylation sites is 2. The third kappa shape index (κ3) is 11.8. The van der Waals surface area contributed by atoms with Crippen LogP contribution in [0.2, 0.25) is 0 Å². The summed E-state index contributed by atoms with van der Waals surface area (Å²) in [7, 11) is 0. The monoisotopic (exact) mass is 728 g/mol. The Hall–Kier alpha value is -5.62. The molecule has 0 fully saturated rings. The van der Waals surface area contributed by atoms with Gasteiger partial charge in [-0.3, -0.25) is 40.8 Å². The average Bonchev–Trinajstić information content (AvgIpc) is 3.15. The Morgan fingerprint density at radius 2 is 0.694 bits per heavy atom. The predicted molar refractivity (Wildman–Crippen MR) is 196 cm³/mol. The number of aromatic nitrogens is 4. The maximum Gasteiger partial charge on any atom is 2.00 e. The van der Waals surface area contributed by atoms with Crippen LogP contribution in [0.4, 0.5) is 11.4 Å². The molecule has 6 rings (SSSR count). The van der Waals surface area contributed by atoms with Crippen LogP contribution in [0.5, 0.6) is 0 Å². The second-order valence-electron chi connectivity index (χ2n) is 9.51. The fraction of sp³-hybridized carbons (Fsp3) is 0. The van der Waals surface area contributed by atoms with E-state index in [4.69, 9.17) is 25.3 Å². The quantitative estimate of drug-likeness (QED) is 0.0633. The fourth-order valence-corrected chi connectivity index (χ4v) is 4.30. The molecule has 0 amide bonds. The summed E-state index contributed by atoms with van der Waals surface area (Å²) in [4.78, 5) is 25.9. The SMILES string of the molecule is [S-]C(=Nc1ccccc1)NN=C(c1ccccn1)c1ccccn1.[S-]C(=Nc1ccccc1)NN=C(c1ccccn1)c1ccccn1.[Zn+2]. The van der Waals surface area contributed by atoms with Gasteiger partial charge in [0.25, 0.3) is 0 Å². The van der Waals surface area contributed by atoms with E-state index in [0.717, 1.165) is 11.4 Å². The number of hydrazone groups is 2. The van der Waals surface area contributed by atoms with Crippen molar-refractivity contribution < 1.29 is 19.5 Å². The first kappa shape index (κ1) is 36.2. The number of amidine groups is 2. The standard InChI is InChI=1S/2C18H15N5S.Zn/c2*24-18(21-14-8-2-1-3-9-14)23-22-17(15-10-4-6-12-19-15)16-11-5-7-13-20-16;/h2*1-13H,(H2,21,23,24);/q;;+2/p-2. The summed E-state index contributed by atoms with van der Waals surface area (Å²) in [5.41, 5.74) is 11.1. The van der Waals surface area contributed by atoms with Crippen molar-refractivity contribution in [3.8, 4) is 0 Å². The summed E-state index contributed by atoms with van der Waals surface area (Å²) in [5.74, 6) is 0. The molecule has 2 aromatic carbocycles. The second kappa shape index (κ2) is 19.9. The molecule has 6 aromatic rings. The van der Waals surface area contributed by atoms with Crippen molar-refractivity contribution >= 4 is 58.4 Å². The van der Waals surface area contributed by atoms with E-state index in [1.807, 2.05) is 133 Å². The van der Waals surface area contributed by atoms with Gasteiger partial charge in [-0.05, 0) is 72.8 Å². The second-order valence-corrected chi connectivity index (χ2v) is 10.3. The maximum atomic E-state index is 5.23. The van der Waals surface area contributed by atoms with E-state index < -0.39 is 0 Å². The van der Waals surface area contributed by atoms with Crippen LogP contribution in [0.15, 0.2) is 178 Å². The van der Waals surface area contributed by atoms with Gasteiger partial charge in [0, 0.05) is 35.1 Å². The molecule has 4 heterocycles. The van der Waals surface area contributed by atoms with Gasteiger partial charge in [0.2, 0.25) is 0 Å². The smallest absolute Gasteiger partial charge is 0.741 e. The van der Waals surface area contributed by atoms with Crippen molar-refractivity contribution in [2.24, 2.45) is 20.2 Å². The van der Waals surface area contributed by atoms with Crippen molar-refractivity contribution in [1.82, 2.24) is 30.8 Å². The predicted octanol–water partition coefficient (Wildman–Crippen LogP) is 6.10. The first-order valence-corrected chi connectivity index (χ1v) is 15.4. The van der Waals surface area contributed by atoms with E-state index in [1.165, 1.54) is 0 Å². The van der Waals surface area contributed by atoms with E-state index in [1.54, 1.807) is 24.8 Å². The van der Waals surface area contributed by atoms with Gasteiger partial charge in [-0.2, -0.15) is 10.2 Å². The van der Waals surface area contributed by atoms with Gasteiger partial charge in [-0.25, -0.2) is 0 Å². The van der Waals surface area contributed by atoms with Crippen LogP contribution in [0.25, 0.3) is 0 Å². The summed E-state index contributed by atoms with van der Waals surface area (Å²) >= 11 is 10.5. The fourth-order valence-electron chi connectivity index (χ4n) is 4.00. The largest absolute Gasteiger partial charge is 2.00 e. The molecule has 0 atom stereocenters. The Kier molecular flexibility index (Phi) is 14.7. The minimum absolute atomic E-state index is 0. The number of benzene rings is 2. The molecule has 0 unspecified atom stereocenters. The number of hydrogen-bond acceptors (Lipinski definition) is 10. The third-order valence-electron chi connectivity index (χ3n) is 6.13. The molecule has 0 aliphatic rings. The number of nitrogens with one attached hydrogen (secondary N) is 2. The number of pyridine rings is 4. The molecule has 10 nitrogen and oxygen atoms in total. The summed E-state index contributed by atoms with van der Waals surface area (Å²) in [6.45, 7) is 0. The molecule has 49 heavy (non-hydrogen) atoms. The van der Waals surface area contributed by atoms with Gasteiger partial charge < -0.3 is 25.3 Å². The van der Waals surface area contributed by atoms with Gasteiger partial charge in [-0.15, -0.1) is 0 Å². The van der Waals surface area contributed by atoms with Crippen LogP contribution in [0, 0.1) is 0 Å². The van der Waals surface area contributed by atoms with Crippen LogP contribution >= 0.6 is 0 Å². The van der Waals surface area contributed by atoms with Crippen molar-refractivity contribution in [3.05, 3.63) is 181 Å². The molecule has 4 aromatic heterocycles.